The van der Waals surface area contributed by atoms with Crippen LogP contribution in [0.2, 0.25) is 0 Å². The normalized spacial score (nSPS) is 39.3. The highest BCUT2D eigenvalue weighted by molar-refractivity contribution is 14.0. The molecule has 0 aromatic heterocycles. The lowest BCUT2D eigenvalue weighted by Gasteiger charge is -2.25. The van der Waals surface area contributed by atoms with Crippen molar-refractivity contribution in [2.45, 2.75) is 38.1 Å². The molecule has 4 rings (SSSR count). The third kappa shape index (κ3) is 3.62. The summed E-state index contributed by atoms with van der Waals surface area (Å²) < 4.78 is 17.2. The van der Waals surface area contributed by atoms with E-state index in [1.165, 1.54) is 12.8 Å². The van der Waals surface area contributed by atoms with E-state index >= 15 is 0 Å². The van der Waals surface area contributed by atoms with Crippen molar-refractivity contribution in [3.8, 4) is 0 Å². The molecule has 5 atom stereocenters. The minimum absolute atomic E-state index is 0. The number of ether oxygens (including phenoxy) is 3. The van der Waals surface area contributed by atoms with Crippen molar-refractivity contribution < 1.29 is 14.2 Å². The number of hydrogen-bond donors (Lipinski definition) is 1. The van der Waals surface area contributed by atoms with Crippen molar-refractivity contribution in [3.63, 3.8) is 0 Å². The zero-order chi connectivity index (χ0) is 14.9. The van der Waals surface area contributed by atoms with Gasteiger partial charge in [0.05, 0.1) is 38.6 Å². The van der Waals surface area contributed by atoms with Crippen molar-refractivity contribution >= 4 is 29.9 Å². The summed E-state index contributed by atoms with van der Waals surface area (Å²) in [5.74, 6) is 2.44. The summed E-state index contributed by atoms with van der Waals surface area (Å²) in [5, 5.41) is 3.44. The second-order valence-corrected chi connectivity index (χ2v) is 6.79. The molecule has 1 N–H and O–H groups in total. The molecule has 0 aromatic carbocycles. The molecule has 7 heteroatoms. The molecule has 0 amide bonds. The largest absolute Gasteiger partial charge is 0.376 e. The fraction of sp³-hybridized carbons (Fsp3) is 0.938. The van der Waals surface area contributed by atoms with Gasteiger partial charge in [-0.1, -0.05) is 0 Å². The zero-order valence-electron chi connectivity index (χ0n) is 13.8. The summed E-state index contributed by atoms with van der Waals surface area (Å²) in [5.41, 5.74) is 0. The summed E-state index contributed by atoms with van der Waals surface area (Å²) in [6.07, 6.45) is 3.60. The van der Waals surface area contributed by atoms with Gasteiger partial charge in [0.25, 0.3) is 0 Å². The Bertz CT molecular complexity index is 413. The fourth-order valence-corrected chi connectivity index (χ4v) is 4.39. The Kier molecular flexibility index (Phi) is 6.03. The van der Waals surface area contributed by atoms with Crippen LogP contribution in [0.3, 0.4) is 0 Å². The molecule has 0 aliphatic carbocycles. The molecular weight excluding hydrogens is 409 g/mol. The van der Waals surface area contributed by atoms with Gasteiger partial charge in [0.1, 0.15) is 6.10 Å². The number of nitrogens with one attached hydrogen (secondary N) is 1. The van der Waals surface area contributed by atoms with Gasteiger partial charge in [0.2, 0.25) is 0 Å². The Labute approximate surface area is 155 Å². The number of halogens is 1. The molecule has 0 saturated carbocycles. The van der Waals surface area contributed by atoms with Crippen LogP contribution in [0.25, 0.3) is 0 Å². The third-order valence-corrected chi connectivity index (χ3v) is 5.42. The van der Waals surface area contributed by atoms with Crippen LogP contribution in [0, 0.1) is 11.8 Å². The molecule has 2 bridgehead atoms. The molecule has 6 nitrogen and oxygen atoms in total. The van der Waals surface area contributed by atoms with E-state index in [1.807, 2.05) is 0 Å². The van der Waals surface area contributed by atoms with Crippen molar-refractivity contribution in [1.82, 2.24) is 10.2 Å². The molecule has 4 aliphatic rings. The lowest BCUT2D eigenvalue weighted by molar-refractivity contribution is -0.0833. The number of guanidine groups is 1. The van der Waals surface area contributed by atoms with Crippen molar-refractivity contribution in [3.05, 3.63) is 0 Å². The van der Waals surface area contributed by atoms with Crippen LogP contribution in [-0.4, -0.2) is 75.2 Å². The number of hydrogen-bond acceptors (Lipinski definition) is 4. The highest BCUT2D eigenvalue weighted by atomic mass is 127. The summed E-state index contributed by atoms with van der Waals surface area (Å²) >= 11 is 0. The van der Waals surface area contributed by atoms with Crippen LogP contribution >= 0.6 is 24.0 Å². The SMILES string of the molecule is CCNC(=NCC1COCCO1)N1CC2C3CCC(O3)C2C1.I. The second-order valence-electron chi connectivity index (χ2n) is 6.79. The van der Waals surface area contributed by atoms with E-state index in [9.17, 15) is 0 Å². The van der Waals surface area contributed by atoms with Crippen LogP contribution in [-0.2, 0) is 14.2 Å². The Hall–Kier alpha value is -0.120. The number of aliphatic imine (C=N–C) groups is 1. The number of nitrogens with zero attached hydrogens (tertiary/aromatic N) is 2. The van der Waals surface area contributed by atoms with Crippen molar-refractivity contribution in [2.24, 2.45) is 16.8 Å². The maximum absolute atomic E-state index is 6.06. The van der Waals surface area contributed by atoms with E-state index in [4.69, 9.17) is 19.2 Å². The molecule has 132 valence electrons. The molecule has 4 fully saturated rings. The average molecular weight is 437 g/mol. The maximum atomic E-state index is 6.06. The molecule has 4 aliphatic heterocycles. The van der Waals surface area contributed by atoms with Gasteiger partial charge in [-0.25, -0.2) is 0 Å². The van der Waals surface area contributed by atoms with Crippen LogP contribution in [0.4, 0.5) is 0 Å². The highest BCUT2D eigenvalue weighted by Gasteiger charge is 2.53. The first-order valence-electron chi connectivity index (χ1n) is 8.73. The number of rotatable bonds is 3. The summed E-state index contributed by atoms with van der Waals surface area (Å²) in [7, 11) is 0. The van der Waals surface area contributed by atoms with Gasteiger partial charge < -0.3 is 24.4 Å². The lowest BCUT2D eigenvalue weighted by atomic mass is 9.82. The molecule has 23 heavy (non-hydrogen) atoms. The van der Waals surface area contributed by atoms with E-state index < -0.39 is 0 Å². The number of likely N-dealkylation sites (tertiary alicyclic amines) is 1. The Morgan fingerprint density at radius 2 is 1.91 bits per heavy atom. The van der Waals surface area contributed by atoms with Gasteiger partial charge in [-0.3, -0.25) is 4.99 Å². The third-order valence-electron chi connectivity index (χ3n) is 5.42. The molecule has 0 aromatic rings. The average Bonchev–Trinajstić information content (AvgIpc) is 3.24. The van der Waals surface area contributed by atoms with Gasteiger partial charge in [-0.2, -0.15) is 0 Å². The van der Waals surface area contributed by atoms with E-state index in [0.717, 1.165) is 25.6 Å². The fourth-order valence-electron chi connectivity index (χ4n) is 4.39. The van der Waals surface area contributed by atoms with Crippen LogP contribution in [0.1, 0.15) is 19.8 Å². The minimum atomic E-state index is 0. The molecule has 4 heterocycles. The highest BCUT2D eigenvalue weighted by Crippen LogP contribution is 2.47. The smallest absolute Gasteiger partial charge is 0.194 e. The van der Waals surface area contributed by atoms with E-state index in [0.29, 0.717) is 50.4 Å². The minimum Gasteiger partial charge on any atom is -0.376 e. The summed E-state index contributed by atoms with van der Waals surface area (Å²) in [4.78, 5) is 7.23. The monoisotopic (exact) mass is 437 g/mol. The lowest BCUT2D eigenvalue weighted by Crippen LogP contribution is -2.42. The molecule has 4 saturated heterocycles. The first kappa shape index (κ1) is 17.7. The molecule has 0 radical (unpaired) electrons. The van der Waals surface area contributed by atoms with Gasteiger partial charge >= 0.3 is 0 Å². The Balaban J connectivity index is 0.00000156. The molecule has 0 spiro atoms. The van der Waals surface area contributed by atoms with Gasteiger partial charge in [0.15, 0.2) is 5.96 Å². The van der Waals surface area contributed by atoms with Gasteiger partial charge in [0, 0.05) is 31.5 Å². The standard InChI is InChI=1S/C16H27N3O3.HI/c1-2-17-16(18-7-11-10-20-5-6-21-11)19-8-12-13(9-19)15-4-3-14(12)22-15;/h11-15H,2-10H2,1H3,(H,17,18);1H. The zero-order valence-corrected chi connectivity index (χ0v) is 16.1. The van der Waals surface area contributed by atoms with E-state index in [1.54, 1.807) is 0 Å². The summed E-state index contributed by atoms with van der Waals surface area (Å²) in [6.45, 7) is 7.92. The van der Waals surface area contributed by atoms with E-state index in [-0.39, 0.29) is 30.1 Å². The predicted octanol–water partition coefficient (Wildman–Crippen LogP) is 1.09. The van der Waals surface area contributed by atoms with Gasteiger partial charge in [-0.05, 0) is 19.8 Å². The molecule has 5 unspecified atom stereocenters. The summed E-state index contributed by atoms with van der Waals surface area (Å²) in [6, 6.07) is 0. The van der Waals surface area contributed by atoms with Crippen LogP contribution in [0.5, 0.6) is 0 Å². The maximum Gasteiger partial charge on any atom is 0.194 e. The number of fused-ring (bicyclic) bond motifs is 5. The van der Waals surface area contributed by atoms with Gasteiger partial charge in [-0.15, -0.1) is 24.0 Å². The van der Waals surface area contributed by atoms with Crippen LogP contribution in [0.15, 0.2) is 4.99 Å². The first-order chi connectivity index (χ1) is 10.8. The second kappa shape index (κ2) is 7.84. The molecular formula is C16H28IN3O3. The van der Waals surface area contributed by atoms with Crippen LogP contribution < -0.4 is 5.32 Å². The van der Waals surface area contributed by atoms with Crippen molar-refractivity contribution in [1.29, 1.82) is 0 Å². The predicted molar refractivity (Wildman–Crippen MR) is 98.4 cm³/mol. The van der Waals surface area contributed by atoms with Crippen molar-refractivity contribution in [2.75, 3.05) is 46.0 Å². The quantitative estimate of drug-likeness (QED) is 0.407. The Morgan fingerprint density at radius 3 is 2.52 bits per heavy atom. The Morgan fingerprint density at radius 1 is 1.17 bits per heavy atom. The topological polar surface area (TPSA) is 55.3 Å². The van der Waals surface area contributed by atoms with E-state index in [2.05, 4.69) is 17.1 Å². The first-order valence-corrected chi connectivity index (χ1v) is 8.73.